The SMILES string of the molecule is CCc1ccc(N=c2scc(-c3ccc4c(c3)NC(=O)CO4)n2CCCN2CCCC2=O)cc1. The maximum Gasteiger partial charge on any atom is 0.262 e. The average Bonchev–Trinajstić information content (AvgIpc) is 3.45. The zero-order chi connectivity index (χ0) is 23.5. The summed E-state index contributed by atoms with van der Waals surface area (Å²) in [6.45, 7) is 4.53. The number of rotatable bonds is 7. The molecular weight excluding hydrogens is 448 g/mol. The third-order valence-corrected chi connectivity index (χ3v) is 7.12. The first-order chi connectivity index (χ1) is 16.6. The third-order valence-electron chi connectivity index (χ3n) is 6.26. The van der Waals surface area contributed by atoms with Crippen LogP contribution >= 0.6 is 11.3 Å². The van der Waals surface area contributed by atoms with Gasteiger partial charge in [0.1, 0.15) is 5.75 Å². The Morgan fingerprint density at radius 1 is 1.12 bits per heavy atom. The number of likely N-dealkylation sites (tertiary alicyclic amines) is 1. The van der Waals surface area contributed by atoms with Crippen molar-refractivity contribution >= 4 is 34.5 Å². The summed E-state index contributed by atoms with van der Waals surface area (Å²) in [5.74, 6) is 0.782. The van der Waals surface area contributed by atoms with E-state index in [2.05, 4.69) is 46.5 Å². The summed E-state index contributed by atoms with van der Waals surface area (Å²) >= 11 is 1.59. The molecule has 0 saturated carbocycles. The van der Waals surface area contributed by atoms with Crippen molar-refractivity contribution in [2.75, 3.05) is 25.0 Å². The molecule has 1 N–H and O–H groups in total. The van der Waals surface area contributed by atoms with Gasteiger partial charge in [0, 0.05) is 37.0 Å². The zero-order valence-electron chi connectivity index (χ0n) is 19.3. The molecule has 1 aromatic heterocycles. The molecule has 2 aromatic carbocycles. The monoisotopic (exact) mass is 476 g/mol. The number of carbonyl (C=O) groups excluding carboxylic acids is 2. The Morgan fingerprint density at radius 2 is 1.97 bits per heavy atom. The van der Waals surface area contributed by atoms with Crippen molar-refractivity contribution in [1.29, 1.82) is 0 Å². The molecule has 8 heteroatoms. The highest BCUT2D eigenvalue weighted by atomic mass is 32.1. The minimum absolute atomic E-state index is 0.0415. The summed E-state index contributed by atoms with van der Waals surface area (Å²) in [6.07, 6.45) is 3.46. The quantitative estimate of drug-likeness (QED) is 0.551. The summed E-state index contributed by atoms with van der Waals surface area (Å²) in [5.41, 5.74) is 4.90. The second-order valence-electron chi connectivity index (χ2n) is 8.57. The molecule has 0 radical (unpaired) electrons. The number of aryl methyl sites for hydroxylation is 1. The van der Waals surface area contributed by atoms with Crippen molar-refractivity contribution in [3.63, 3.8) is 0 Å². The molecule has 3 aromatic rings. The Labute approximate surface area is 202 Å². The van der Waals surface area contributed by atoms with Crippen molar-refractivity contribution < 1.29 is 14.3 Å². The Bertz CT molecular complexity index is 1280. The van der Waals surface area contributed by atoms with Gasteiger partial charge in [-0.3, -0.25) is 9.59 Å². The van der Waals surface area contributed by atoms with Crippen molar-refractivity contribution in [3.05, 3.63) is 58.2 Å². The molecule has 0 bridgehead atoms. The van der Waals surface area contributed by atoms with Gasteiger partial charge in [-0.25, -0.2) is 4.99 Å². The van der Waals surface area contributed by atoms with Crippen LogP contribution in [0.4, 0.5) is 11.4 Å². The van der Waals surface area contributed by atoms with E-state index in [-0.39, 0.29) is 18.4 Å². The first-order valence-electron chi connectivity index (χ1n) is 11.8. The lowest BCUT2D eigenvalue weighted by Crippen LogP contribution is -2.27. The van der Waals surface area contributed by atoms with Crippen molar-refractivity contribution in [1.82, 2.24) is 9.47 Å². The lowest BCUT2D eigenvalue weighted by molar-refractivity contribution is -0.127. The van der Waals surface area contributed by atoms with Crippen LogP contribution in [-0.4, -0.2) is 41.0 Å². The van der Waals surface area contributed by atoms with E-state index in [0.29, 0.717) is 17.9 Å². The van der Waals surface area contributed by atoms with E-state index in [1.807, 2.05) is 23.1 Å². The van der Waals surface area contributed by atoms with Crippen LogP contribution < -0.4 is 14.9 Å². The van der Waals surface area contributed by atoms with Crippen molar-refractivity contribution in [3.8, 4) is 17.0 Å². The fraction of sp³-hybridized carbons (Fsp3) is 0.346. The Morgan fingerprint density at radius 3 is 2.74 bits per heavy atom. The molecule has 2 aliphatic heterocycles. The molecule has 5 rings (SSSR count). The molecule has 34 heavy (non-hydrogen) atoms. The van der Waals surface area contributed by atoms with Gasteiger partial charge in [-0.15, -0.1) is 11.3 Å². The summed E-state index contributed by atoms with van der Waals surface area (Å²) < 4.78 is 7.73. The topological polar surface area (TPSA) is 75.9 Å². The van der Waals surface area contributed by atoms with E-state index in [4.69, 9.17) is 9.73 Å². The van der Waals surface area contributed by atoms with E-state index >= 15 is 0 Å². The van der Waals surface area contributed by atoms with Gasteiger partial charge in [0.2, 0.25) is 5.91 Å². The molecule has 0 atom stereocenters. The predicted octanol–water partition coefficient (Wildman–Crippen LogP) is 4.35. The Balaban J connectivity index is 1.48. The van der Waals surface area contributed by atoms with Crippen LogP contribution in [-0.2, 0) is 22.6 Å². The number of thiazole rings is 1. The zero-order valence-corrected chi connectivity index (χ0v) is 20.1. The first kappa shape index (κ1) is 22.4. The molecule has 0 spiro atoms. The normalized spacial score (nSPS) is 15.9. The van der Waals surface area contributed by atoms with Crippen LogP contribution in [0.3, 0.4) is 0 Å². The molecule has 7 nitrogen and oxygen atoms in total. The van der Waals surface area contributed by atoms with Crippen LogP contribution in [0.1, 0.15) is 31.7 Å². The molecule has 176 valence electrons. The first-order valence-corrected chi connectivity index (χ1v) is 12.7. The van der Waals surface area contributed by atoms with Crippen molar-refractivity contribution in [2.24, 2.45) is 4.99 Å². The number of fused-ring (bicyclic) bond motifs is 1. The van der Waals surface area contributed by atoms with Crippen LogP contribution in [0.25, 0.3) is 11.3 Å². The molecule has 1 fully saturated rings. The van der Waals surface area contributed by atoms with Gasteiger partial charge in [0.25, 0.3) is 5.91 Å². The molecule has 3 heterocycles. The molecule has 0 unspecified atom stereocenters. The van der Waals surface area contributed by atoms with E-state index < -0.39 is 0 Å². The molecule has 2 amide bonds. The lowest BCUT2D eigenvalue weighted by atomic mass is 10.1. The van der Waals surface area contributed by atoms with Gasteiger partial charge >= 0.3 is 0 Å². The summed E-state index contributed by atoms with van der Waals surface area (Å²) in [4.78, 5) is 31.6. The number of anilines is 1. The standard InChI is InChI=1S/C26H28N4O3S/c1-2-18-6-9-20(10-7-18)27-26-30(14-4-13-29-12-3-5-25(29)32)22(17-34-26)19-8-11-23-21(15-19)28-24(31)16-33-23/h6-11,15,17H,2-5,12-14,16H2,1H3,(H,28,31). The Kier molecular flexibility index (Phi) is 6.49. The number of amides is 2. The lowest BCUT2D eigenvalue weighted by Gasteiger charge is -2.19. The average molecular weight is 477 g/mol. The molecule has 2 aliphatic rings. The number of nitrogens with one attached hydrogen (secondary N) is 1. The number of ether oxygens (including phenoxy) is 1. The molecule has 1 saturated heterocycles. The number of hydrogen-bond acceptors (Lipinski definition) is 5. The number of aromatic nitrogens is 1. The van der Waals surface area contributed by atoms with Gasteiger partial charge in [-0.2, -0.15) is 0 Å². The summed E-state index contributed by atoms with van der Waals surface area (Å²) in [5, 5.41) is 5.00. The fourth-order valence-corrected chi connectivity index (χ4v) is 5.34. The van der Waals surface area contributed by atoms with Crippen molar-refractivity contribution in [2.45, 2.75) is 39.2 Å². The number of carbonyl (C=O) groups is 2. The minimum atomic E-state index is -0.149. The van der Waals surface area contributed by atoms with Gasteiger partial charge < -0.3 is 19.5 Å². The number of hydrogen-bond donors (Lipinski definition) is 1. The van der Waals surface area contributed by atoms with Gasteiger partial charge in [-0.1, -0.05) is 19.1 Å². The predicted molar refractivity (Wildman–Crippen MR) is 133 cm³/mol. The fourth-order valence-electron chi connectivity index (χ4n) is 4.38. The number of nitrogens with zero attached hydrogens (tertiary/aromatic N) is 3. The maximum absolute atomic E-state index is 12.0. The van der Waals surface area contributed by atoms with E-state index in [1.54, 1.807) is 11.3 Å². The van der Waals surface area contributed by atoms with Gasteiger partial charge in [0.05, 0.1) is 17.1 Å². The van der Waals surface area contributed by atoms with Crippen LogP contribution in [0.15, 0.2) is 52.8 Å². The summed E-state index contributed by atoms with van der Waals surface area (Å²) in [6, 6.07) is 14.2. The van der Waals surface area contributed by atoms with E-state index in [1.165, 1.54) is 5.56 Å². The molecule has 0 aliphatic carbocycles. The summed E-state index contributed by atoms with van der Waals surface area (Å²) in [7, 11) is 0. The highest BCUT2D eigenvalue weighted by molar-refractivity contribution is 7.07. The second-order valence-corrected chi connectivity index (χ2v) is 9.41. The second kappa shape index (κ2) is 9.85. The van der Waals surface area contributed by atoms with E-state index in [0.717, 1.165) is 60.6 Å². The Hall–Kier alpha value is -3.39. The van der Waals surface area contributed by atoms with Gasteiger partial charge in [0.15, 0.2) is 11.4 Å². The smallest absolute Gasteiger partial charge is 0.262 e. The van der Waals surface area contributed by atoms with E-state index in [9.17, 15) is 9.59 Å². The largest absolute Gasteiger partial charge is 0.482 e. The van der Waals surface area contributed by atoms with Crippen LogP contribution in [0.2, 0.25) is 0 Å². The third kappa shape index (κ3) is 4.77. The maximum atomic E-state index is 12.0. The highest BCUT2D eigenvalue weighted by Gasteiger charge is 2.20. The van der Waals surface area contributed by atoms with Gasteiger partial charge in [-0.05, 0) is 55.2 Å². The van der Waals surface area contributed by atoms with Crippen LogP contribution in [0, 0.1) is 0 Å². The minimum Gasteiger partial charge on any atom is -0.482 e. The highest BCUT2D eigenvalue weighted by Crippen LogP contribution is 2.33. The molecular formula is C26H28N4O3S. The van der Waals surface area contributed by atoms with Crippen LogP contribution in [0.5, 0.6) is 5.75 Å². The number of benzene rings is 2.